The van der Waals surface area contributed by atoms with E-state index in [0.29, 0.717) is 12.8 Å². The fraction of sp³-hybridized carbons (Fsp3) is 0.500. The summed E-state index contributed by atoms with van der Waals surface area (Å²) >= 11 is 0. The fourth-order valence-electron chi connectivity index (χ4n) is 2.33. The smallest absolute Gasteiger partial charge is 0.244 e. The first kappa shape index (κ1) is 16.2. The topological polar surface area (TPSA) is 52.9 Å². The quantitative estimate of drug-likeness (QED) is 0.847. The summed E-state index contributed by atoms with van der Waals surface area (Å²) < 4.78 is 13.8. The second kappa shape index (κ2) is 7.04. The summed E-state index contributed by atoms with van der Waals surface area (Å²) in [6.45, 7) is 5.64. The molecule has 20 heavy (non-hydrogen) atoms. The molecule has 1 amide bonds. The highest BCUT2D eigenvalue weighted by Crippen LogP contribution is 2.31. The van der Waals surface area contributed by atoms with Crippen LogP contribution in [0.2, 0.25) is 0 Å². The van der Waals surface area contributed by atoms with Gasteiger partial charge in [-0.3, -0.25) is 4.79 Å². The van der Waals surface area contributed by atoms with E-state index in [1.165, 1.54) is 12.1 Å². The van der Waals surface area contributed by atoms with Crippen LogP contribution in [0.1, 0.15) is 45.1 Å². The molecule has 3 nitrogen and oxygen atoms in total. The Labute approximate surface area is 119 Å². The highest BCUT2D eigenvalue weighted by molar-refractivity contribution is 5.97. The van der Waals surface area contributed by atoms with Crippen LogP contribution in [-0.4, -0.2) is 5.91 Å². The molecule has 1 N–H and O–H groups in total. The molecule has 0 saturated carbocycles. The second-order valence-corrected chi connectivity index (χ2v) is 5.13. The van der Waals surface area contributed by atoms with Gasteiger partial charge in [0, 0.05) is 0 Å². The van der Waals surface area contributed by atoms with Crippen molar-refractivity contribution in [1.82, 2.24) is 0 Å². The second-order valence-electron chi connectivity index (χ2n) is 5.13. The van der Waals surface area contributed by atoms with Crippen LogP contribution in [0.3, 0.4) is 0 Å². The number of anilines is 1. The zero-order valence-electron chi connectivity index (χ0n) is 12.3. The number of nitriles is 1. The molecule has 0 heterocycles. The summed E-state index contributed by atoms with van der Waals surface area (Å²) in [7, 11) is 0. The van der Waals surface area contributed by atoms with Crippen molar-refractivity contribution in [2.24, 2.45) is 5.41 Å². The van der Waals surface area contributed by atoms with Crippen LogP contribution in [0.15, 0.2) is 18.2 Å². The average Bonchev–Trinajstić information content (AvgIpc) is 2.41. The Hall–Kier alpha value is -1.89. The van der Waals surface area contributed by atoms with Crippen molar-refractivity contribution >= 4 is 11.6 Å². The molecule has 0 saturated heterocycles. The molecule has 0 aliphatic carbocycles. The van der Waals surface area contributed by atoms with Gasteiger partial charge in [-0.25, -0.2) is 4.39 Å². The number of amides is 1. The standard InChI is InChI=1S/C16H21FN2O/c1-4-8-16(11-18,9-5-2)15(20)19-14-7-6-12(3)10-13(14)17/h6-7,10H,4-5,8-9H2,1-3H3,(H,19,20). The van der Waals surface area contributed by atoms with E-state index in [1.807, 2.05) is 13.8 Å². The summed E-state index contributed by atoms with van der Waals surface area (Å²) in [6.07, 6.45) is 2.43. The molecule has 0 aromatic heterocycles. The van der Waals surface area contributed by atoms with E-state index in [4.69, 9.17) is 0 Å². The number of carbonyl (C=O) groups is 1. The van der Waals surface area contributed by atoms with E-state index >= 15 is 0 Å². The van der Waals surface area contributed by atoms with Gasteiger partial charge in [0.05, 0.1) is 11.8 Å². The van der Waals surface area contributed by atoms with Gasteiger partial charge in [-0.15, -0.1) is 0 Å². The Kier molecular flexibility index (Phi) is 5.69. The molecule has 0 unspecified atom stereocenters. The molecular formula is C16H21FN2O. The number of nitrogens with zero attached hydrogens (tertiary/aromatic N) is 1. The van der Waals surface area contributed by atoms with Crippen LogP contribution in [0, 0.1) is 29.5 Å². The highest BCUT2D eigenvalue weighted by Gasteiger charge is 2.37. The number of halogens is 1. The minimum absolute atomic E-state index is 0.132. The minimum atomic E-state index is -1.07. The van der Waals surface area contributed by atoms with Crippen molar-refractivity contribution in [3.8, 4) is 6.07 Å². The monoisotopic (exact) mass is 276 g/mol. The zero-order chi connectivity index (χ0) is 15.2. The zero-order valence-corrected chi connectivity index (χ0v) is 12.3. The molecule has 1 aromatic rings. The van der Waals surface area contributed by atoms with Gasteiger partial charge in [-0.1, -0.05) is 32.8 Å². The SMILES string of the molecule is CCCC(C#N)(CCC)C(=O)Nc1ccc(C)cc1F. The minimum Gasteiger partial charge on any atom is -0.322 e. The van der Waals surface area contributed by atoms with Gasteiger partial charge in [0.15, 0.2) is 0 Å². The maximum absolute atomic E-state index is 13.8. The van der Waals surface area contributed by atoms with Crippen molar-refractivity contribution in [3.05, 3.63) is 29.6 Å². The first-order valence-corrected chi connectivity index (χ1v) is 6.98. The predicted molar refractivity (Wildman–Crippen MR) is 77.6 cm³/mol. The van der Waals surface area contributed by atoms with Gasteiger partial charge < -0.3 is 5.32 Å². The van der Waals surface area contributed by atoms with Crippen molar-refractivity contribution < 1.29 is 9.18 Å². The molecule has 0 aliphatic heterocycles. The molecule has 0 fully saturated rings. The summed E-state index contributed by atoms with van der Waals surface area (Å²) in [5, 5.41) is 12.0. The van der Waals surface area contributed by atoms with Gasteiger partial charge in [-0.05, 0) is 37.5 Å². The largest absolute Gasteiger partial charge is 0.322 e. The Morgan fingerprint density at radius 3 is 2.40 bits per heavy atom. The Bertz CT molecular complexity index is 514. The molecule has 1 aromatic carbocycles. The van der Waals surface area contributed by atoms with Crippen LogP contribution in [0.4, 0.5) is 10.1 Å². The summed E-state index contributed by atoms with van der Waals surface area (Å²) in [5.41, 5.74) is -0.150. The summed E-state index contributed by atoms with van der Waals surface area (Å²) in [6, 6.07) is 6.76. The van der Waals surface area contributed by atoms with E-state index in [2.05, 4.69) is 11.4 Å². The van der Waals surface area contributed by atoms with E-state index < -0.39 is 17.1 Å². The van der Waals surface area contributed by atoms with Crippen LogP contribution in [0.25, 0.3) is 0 Å². The molecule has 0 spiro atoms. The maximum Gasteiger partial charge on any atom is 0.244 e. The van der Waals surface area contributed by atoms with Gasteiger partial charge >= 0.3 is 0 Å². The third-order valence-corrected chi connectivity index (χ3v) is 3.38. The third-order valence-electron chi connectivity index (χ3n) is 3.38. The number of hydrogen-bond donors (Lipinski definition) is 1. The fourth-order valence-corrected chi connectivity index (χ4v) is 2.33. The first-order chi connectivity index (χ1) is 9.49. The van der Waals surface area contributed by atoms with Gasteiger partial charge in [-0.2, -0.15) is 5.26 Å². The van der Waals surface area contributed by atoms with Crippen LogP contribution < -0.4 is 5.32 Å². The van der Waals surface area contributed by atoms with Crippen LogP contribution in [-0.2, 0) is 4.79 Å². The van der Waals surface area contributed by atoms with Crippen LogP contribution in [0.5, 0.6) is 0 Å². The number of aryl methyl sites for hydroxylation is 1. The van der Waals surface area contributed by atoms with Gasteiger partial charge in [0.25, 0.3) is 0 Å². The molecule has 0 atom stereocenters. The molecule has 0 radical (unpaired) electrons. The third kappa shape index (κ3) is 3.57. The summed E-state index contributed by atoms with van der Waals surface area (Å²) in [5.74, 6) is -0.885. The molecule has 0 bridgehead atoms. The van der Waals surface area contributed by atoms with Gasteiger partial charge in [0.2, 0.25) is 5.91 Å². The molecule has 4 heteroatoms. The molecule has 108 valence electrons. The van der Waals surface area contributed by atoms with E-state index in [0.717, 1.165) is 18.4 Å². The Morgan fingerprint density at radius 2 is 1.95 bits per heavy atom. The summed E-state index contributed by atoms with van der Waals surface area (Å²) in [4.78, 5) is 12.4. The number of nitrogens with one attached hydrogen (secondary N) is 1. The number of hydrogen-bond acceptors (Lipinski definition) is 2. The molecular weight excluding hydrogens is 255 g/mol. The highest BCUT2D eigenvalue weighted by atomic mass is 19.1. The maximum atomic E-state index is 13.8. The normalized spacial score (nSPS) is 10.9. The lowest BCUT2D eigenvalue weighted by Crippen LogP contribution is -2.35. The number of benzene rings is 1. The lowest BCUT2D eigenvalue weighted by Gasteiger charge is -2.24. The van der Waals surface area contributed by atoms with Crippen molar-refractivity contribution in [2.45, 2.75) is 46.5 Å². The molecule has 1 rings (SSSR count). The van der Waals surface area contributed by atoms with E-state index in [-0.39, 0.29) is 5.69 Å². The Balaban J connectivity index is 2.99. The van der Waals surface area contributed by atoms with Crippen LogP contribution >= 0.6 is 0 Å². The lowest BCUT2D eigenvalue weighted by atomic mass is 9.79. The van der Waals surface area contributed by atoms with Crippen molar-refractivity contribution in [3.63, 3.8) is 0 Å². The lowest BCUT2D eigenvalue weighted by molar-refractivity contribution is -0.123. The van der Waals surface area contributed by atoms with Crippen molar-refractivity contribution in [2.75, 3.05) is 5.32 Å². The predicted octanol–water partition coefficient (Wildman–Crippen LogP) is 4.18. The number of rotatable bonds is 6. The van der Waals surface area contributed by atoms with E-state index in [9.17, 15) is 14.4 Å². The molecule has 0 aliphatic rings. The average molecular weight is 276 g/mol. The van der Waals surface area contributed by atoms with E-state index in [1.54, 1.807) is 13.0 Å². The van der Waals surface area contributed by atoms with Crippen molar-refractivity contribution in [1.29, 1.82) is 5.26 Å². The Morgan fingerprint density at radius 1 is 1.35 bits per heavy atom. The first-order valence-electron chi connectivity index (χ1n) is 6.98. The number of carbonyl (C=O) groups excluding carboxylic acids is 1. The van der Waals surface area contributed by atoms with Gasteiger partial charge in [0.1, 0.15) is 11.2 Å².